The van der Waals surface area contributed by atoms with Crippen LogP contribution >= 0.6 is 11.6 Å². The third-order valence-electron chi connectivity index (χ3n) is 6.62. The summed E-state index contributed by atoms with van der Waals surface area (Å²) in [6.45, 7) is 10.6. The second-order valence-electron chi connectivity index (χ2n) is 10.4. The third-order valence-corrected chi connectivity index (χ3v) is 6.90. The van der Waals surface area contributed by atoms with E-state index in [0.717, 1.165) is 0 Å². The van der Waals surface area contributed by atoms with Crippen LogP contribution in [0.25, 0.3) is 22.3 Å². The smallest absolute Gasteiger partial charge is 0.250 e. The zero-order valence-electron chi connectivity index (χ0n) is 21.6. The van der Waals surface area contributed by atoms with E-state index in [0.29, 0.717) is 29.9 Å². The van der Waals surface area contributed by atoms with Gasteiger partial charge in [-0.1, -0.05) is 18.5 Å². The molecule has 200 valence electrons. The van der Waals surface area contributed by atoms with Gasteiger partial charge in [-0.15, -0.1) is 0 Å². The molecule has 0 radical (unpaired) electrons. The largest absolute Gasteiger partial charge is 0.507 e. The van der Waals surface area contributed by atoms with Crippen molar-refractivity contribution in [3.05, 3.63) is 46.5 Å². The molecule has 0 bridgehead atoms. The molecule has 1 aliphatic heterocycles. The summed E-state index contributed by atoms with van der Waals surface area (Å²) in [4.78, 5) is 13.0. The first-order chi connectivity index (χ1) is 17.3. The Balaban J connectivity index is 1.81. The topological polar surface area (TPSA) is 85.1 Å². The van der Waals surface area contributed by atoms with Crippen molar-refractivity contribution < 1.29 is 23.0 Å². The molecular formula is C26H31ClF3N5O2. The first-order valence-corrected chi connectivity index (χ1v) is 12.5. The molecule has 1 aliphatic rings. The minimum atomic E-state index is -2.69. The number of aliphatic hydroxyl groups is 1. The number of hydrogen-bond donors (Lipinski definition) is 2. The SMILES string of the molecule is CC1=C(O)C(Nc2ncc(Cl)c(-c3cc(F)c4nc(C(C)(C)C(F)F)n(C(C)C)c4c3)n2)C[C@H](C)CO1. The summed E-state index contributed by atoms with van der Waals surface area (Å²) < 4.78 is 50.3. The summed E-state index contributed by atoms with van der Waals surface area (Å²) in [5.74, 6) is 0.272. The van der Waals surface area contributed by atoms with E-state index in [2.05, 4.69) is 20.3 Å². The number of alkyl halides is 2. The molecule has 0 amide bonds. The highest BCUT2D eigenvalue weighted by molar-refractivity contribution is 6.33. The molecule has 2 atom stereocenters. The Morgan fingerprint density at radius 3 is 2.59 bits per heavy atom. The number of hydrogen-bond acceptors (Lipinski definition) is 6. The molecule has 11 heteroatoms. The molecule has 1 unspecified atom stereocenters. The Bertz CT molecular complexity index is 1360. The number of nitrogens with zero attached hydrogens (tertiary/aromatic N) is 4. The Morgan fingerprint density at radius 2 is 1.95 bits per heavy atom. The standard InChI is InChI=1S/C26H31ClF3N5O2/c1-12(2)35-19-9-15(8-17(28)21(19)33-24(35)26(5,6)23(29)30)20-16(27)10-31-25(34-20)32-18-7-13(3)11-37-14(4)22(18)36/h8-10,12-13,18,23,36H,7,11H2,1-6H3,(H,31,32,34)/t13-,18?/m0/s1. The maximum absolute atomic E-state index is 15.3. The van der Waals surface area contributed by atoms with Crippen LogP contribution < -0.4 is 5.32 Å². The predicted octanol–water partition coefficient (Wildman–Crippen LogP) is 7.04. The predicted molar refractivity (Wildman–Crippen MR) is 138 cm³/mol. The number of benzene rings is 1. The minimum absolute atomic E-state index is 0.00248. The second kappa shape index (κ2) is 10.0. The molecule has 37 heavy (non-hydrogen) atoms. The van der Waals surface area contributed by atoms with Crippen molar-refractivity contribution in [3.63, 3.8) is 0 Å². The van der Waals surface area contributed by atoms with Gasteiger partial charge >= 0.3 is 0 Å². The number of aromatic nitrogens is 4. The summed E-state index contributed by atoms with van der Waals surface area (Å²) in [6, 6.07) is 2.15. The van der Waals surface area contributed by atoms with Gasteiger partial charge in [0, 0.05) is 11.6 Å². The fourth-order valence-corrected chi connectivity index (χ4v) is 4.66. The van der Waals surface area contributed by atoms with E-state index in [1.807, 2.05) is 20.8 Å². The van der Waals surface area contributed by atoms with Crippen molar-refractivity contribution in [2.75, 3.05) is 11.9 Å². The van der Waals surface area contributed by atoms with Crippen LogP contribution in [0.1, 0.15) is 59.8 Å². The Labute approximate surface area is 218 Å². The van der Waals surface area contributed by atoms with Crippen LogP contribution in [0.4, 0.5) is 19.1 Å². The van der Waals surface area contributed by atoms with Gasteiger partial charge in [-0.05, 0) is 59.1 Å². The average molecular weight is 538 g/mol. The third kappa shape index (κ3) is 5.08. The molecule has 0 fully saturated rings. The second-order valence-corrected chi connectivity index (χ2v) is 10.8. The van der Waals surface area contributed by atoms with Crippen LogP contribution in [0.2, 0.25) is 5.02 Å². The molecule has 2 aromatic heterocycles. The fourth-order valence-electron chi connectivity index (χ4n) is 4.46. The molecule has 0 aliphatic carbocycles. The van der Waals surface area contributed by atoms with Gasteiger partial charge in [0.2, 0.25) is 5.95 Å². The molecule has 0 spiro atoms. The summed E-state index contributed by atoms with van der Waals surface area (Å²) in [6.07, 6.45) is -0.717. The lowest BCUT2D eigenvalue weighted by atomic mass is 9.92. The summed E-state index contributed by atoms with van der Waals surface area (Å²) in [7, 11) is 0. The number of fused-ring (bicyclic) bond motifs is 1. The number of ether oxygens (including phenoxy) is 1. The first kappa shape index (κ1) is 27.0. The van der Waals surface area contributed by atoms with E-state index in [9.17, 15) is 13.9 Å². The van der Waals surface area contributed by atoms with Gasteiger partial charge in [0.05, 0.1) is 40.5 Å². The van der Waals surface area contributed by atoms with E-state index < -0.39 is 23.7 Å². The maximum atomic E-state index is 15.3. The minimum Gasteiger partial charge on any atom is -0.507 e. The maximum Gasteiger partial charge on any atom is 0.250 e. The molecule has 2 N–H and O–H groups in total. The average Bonchev–Trinajstić information content (AvgIpc) is 3.19. The van der Waals surface area contributed by atoms with Gasteiger partial charge in [0.1, 0.15) is 17.1 Å². The van der Waals surface area contributed by atoms with Crippen molar-refractivity contribution >= 4 is 28.6 Å². The number of imidazole rings is 1. The highest BCUT2D eigenvalue weighted by atomic mass is 35.5. The van der Waals surface area contributed by atoms with Crippen molar-refractivity contribution in [2.24, 2.45) is 5.92 Å². The highest BCUT2D eigenvalue weighted by Gasteiger charge is 2.38. The van der Waals surface area contributed by atoms with Gasteiger partial charge in [0.25, 0.3) is 6.43 Å². The lowest BCUT2D eigenvalue weighted by Gasteiger charge is -2.26. The van der Waals surface area contributed by atoms with Gasteiger partial charge in [-0.3, -0.25) is 0 Å². The highest BCUT2D eigenvalue weighted by Crippen LogP contribution is 2.37. The van der Waals surface area contributed by atoms with E-state index in [1.54, 1.807) is 17.6 Å². The Hall–Kier alpha value is -3.01. The number of nitrogens with one attached hydrogen (secondary N) is 1. The van der Waals surface area contributed by atoms with Crippen LogP contribution in [0, 0.1) is 11.7 Å². The lowest BCUT2D eigenvalue weighted by Crippen LogP contribution is -2.31. The van der Waals surface area contributed by atoms with E-state index in [4.69, 9.17) is 16.3 Å². The summed E-state index contributed by atoms with van der Waals surface area (Å²) >= 11 is 6.42. The number of halogens is 4. The quantitative estimate of drug-likeness (QED) is 0.351. The molecular weight excluding hydrogens is 507 g/mol. The van der Waals surface area contributed by atoms with Crippen molar-refractivity contribution in [1.82, 2.24) is 19.5 Å². The Morgan fingerprint density at radius 1 is 1.24 bits per heavy atom. The van der Waals surface area contributed by atoms with Crippen LogP contribution in [0.5, 0.6) is 0 Å². The van der Waals surface area contributed by atoms with Gasteiger partial charge in [-0.25, -0.2) is 28.1 Å². The van der Waals surface area contributed by atoms with Crippen LogP contribution in [-0.4, -0.2) is 43.7 Å². The van der Waals surface area contributed by atoms with Crippen LogP contribution in [-0.2, 0) is 10.2 Å². The number of allylic oxidation sites excluding steroid dienone is 1. The zero-order chi connectivity index (χ0) is 27.2. The molecule has 0 saturated carbocycles. The molecule has 4 rings (SSSR count). The van der Waals surface area contributed by atoms with E-state index in [1.165, 1.54) is 26.1 Å². The van der Waals surface area contributed by atoms with Crippen molar-refractivity contribution in [3.8, 4) is 11.3 Å². The lowest BCUT2D eigenvalue weighted by molar-refractivity contribution is 0.0624. The van der Waals surface area contributed by atoms with Crippen molar-refractivity contribution in [1.29, 1.82) is 0 Å². The van der Waals surface area contributed by atoms with Gasteiger partial charge < -0.3 is 19.7 Å². The monoisotopic (exact) mass is 537 g/mol. The summed E-state index contributed by atoms with van der Waals surface area (Å²) in [5, 5.41) is 13.9. The number of rotatable bonds is 6. The molecule has 1 aromatic carbocycles. The van der Waals surface area contributed by atoms with E-state index in [-0.39, 0.29) is 45.7 Å². The molecule has 3 aromatic rings. The van der Waals surface area contributed by atoms with Crippen LogP contribution in [0.15, 0.2) is 29.8 Å². The van der Waals surface area contributed by atoms with E-state index >= 15 is 4.39 Å². The molecule has 7 nitrogen and oxygen atoms in total. The van der Waals surface area contributed by atoms with Gasteiger partial charge in [0.15, 0.2) is 11.6 Å². The summed E-state index contributed by atoms with van der Waals surface area (Å²) in [5.41, 5.74) is -0.625. The van der Waals surface area contributed by atoms with Gasteiger partial charge in [-0.2, -0.15) is 0 Å². The Kier molecular flexibility index (Phi) is 7.34. The molecule has 3 heterocycles. The zero-order valence-corrected chi connectivity index (χ0v) is 22.4. The fraction of sp³-hybridized carbons (Fsp3) is 0.500. The normalized spacial score (nSPS) is 19.0. The first-order valence-electron chi connectivity index (χ1n) is 12.1. The van der Waals surface area contributed by atoms with Crippen molar-refractivity contribution in [2.45, 2.75) is 71.9 Å². The van der Waals surface area contributed by atoms with Crippen LogP contribution in [0.3, 0.4) is 0 Å². The molecule has 0 saturated heterocycles. The number of anilines is 1. The number of aliphatic hydroxyl groups excluding tert-OH is 1.